The molecule has 1 aliphatic rings. The zero-order chi connectivity index (χ0) is 21.0. The third-order valence-corrected chi connectivity index (χ3v) is 5.41. The number of carbonyl (C=O) groups is 1. The van der Waals surface area contributed by atoms with Crippen LogP contribution in [0.15, 0.2) is 79.1 Å². The Balaban J connectivity index is 1.21. The molecule has 2 aromatic carbocycles. The smallest absolute Gasteiger partial charge is 0.274 e. The lowest BCUT2D eigenvalue weighted by Gasteiger charge is -2.36. The highest BCUT2D eigenvalue weighted by molar-refractivity contribution is 6.03. The van der Waals surface area contributed by atoms with Crippen molar-refractivity contribution in [1.29, 1.82) is 0 Å². The number of benzene rings is 2. The van der Waals surface area contributed by atoms with E-state index in [0.29, 0.717) is 17.3 Å². The van der Waals surface area contributed by atoms with Gasteiger partial charge in [0, 0.05) is 37.3 Å². The van der Waals surface area contributed by atoms with Crippen molar-refractivity contribution in [3.05, 3.63) is 84.8 Å². The van der Waals surface area contributed by atoms with Gasteiger partial charge in [-0.3, -0.25) is 4.79 Å². The summed E-state index contributed by atoms with van der Waals surface area (Å²) in [7, 11) is 0. The van der Waals surface area contributed by atoms with E-state index in [2.05, 4.69) is 54.3 Å². The molecule has 1 saturated heterocycles. The van der Waals surface area contributed by atoms with Gasteiger partial charge in [-0.25, -0.2) is 15.0 Å². The van der Waals surface area contributed by atoms with Crippen molar-refractivity contribution in [3.63, 3.8) is 0 Å². The fourth-order valence-corrected chi connectivity index (χ4v) is 3.74. The van der Waals surface area contributed by atoms with Crippen LogP contribution in [0.4, 0.5) is 17.3 Å². The van der Waals surface area contributed by atoms with E-state index in [-0.39, 0.29) is 5.91 Å². The summed E-state index contributed by atoms with van der Waals surface area (Å²) in [5.41, 5.74) is 2.94. The van der Waals surface area contributed by atoms with E-state index in [0.717, 1.165) is 37.1 Å². The van der Waals surface area contributed by atoms with Gasteiger partial charge in [-0.2, -0.15) is 0 Å². The van der Waals surface area contributed by atoms with Crippen LogP contribution in [0.5, 0.6) is 0 Å². The van der Waals surface area contributed by atoms with Crippen molar-refractivity contribution >= 4 is 34.1 Å². The Morgan fingerprint density at radius 2 is 1.45 bits per heavy atom. The van der Waals surface area contributed by atoms with Gasteiger partial charge in [0.25, 0.3) is 5.91 Å². The van der Waals surface area contributed by atoms with E-state index >= 15 is 0 Å². The van der Waals surface area contributed by atoms with Crippen LogP contribution in [0.1, 0.15) is 10.5 Å². The molecule has 0 atom stereocenters. The fourth-order valence-electron chi connectivity index (χ4n) is 3.74. The van der Waals surface area contributed by atoms with Crippen LogP contribution < -0.4 is 15.1 Å². The summed E-state index contributed by atoms with van der Waals surface area (Å²) in [6.07, 6.45) is 3.29. The van der Waals surface area contributed by atoms with E-state index in [1.165, 1.54) is 5.69 Å². The van der Waals surface area contributed by atoms with Crippen LogP contribution >= 0.6 is 0 Å². The number of nitrogens with one attached hydrogen (secondary N) is 1. The second kappa shape index (κ2) is 8.39. The van der Waals surface area contributed by atoms with E-state index in [4.69, 9.17) is 0 Å². The highest BCUT2D eigenvalue weighted by Crippen LogP contribution is 2.19. The normalized spacial score (nSPS) is 13.9. The summed E-state index contributed by atoms with van der Waals surface area (Å²) < 4.78 is 0. The Bertz CT molecular complexity index is 1190. The number of hydrogen-bond donors (Lipinski definition) is 1. The third-order valence-electron chi connectivity index (χ3n) is 5.41. The first kappa shape index (κ1) is 19.0. The predicted octanol–water partition coefficient (Wildman–Crippen LogP) is 3.60. The van der Waals surface area contributed by atoms with Crippen LogP contribution in [0.25, 0.3) is 10.9 Å². The van der Waals surface area contributed by atoms with E-state index in [1.54, 1.807) is 18.5 Å². The summed E-state index contributed by atoms with van der Waals surface area (Å²) in [6.45, 7) is 3.53. The van der Waals surface area contributed by atoms with Crippen molar-refractivity contribution < 1.29 is 4.79 Å². The number of piperazine rings is 1. The molecule has 3 heterocycles. The predicted molar refractivity (Wildman–Crippen MR) is 123 cm³/mol. The molecule has 0 unspecified atom stereocenters. The fraction of sp³-hybridized carbons (Fsp3) is 0.167. The molecule has 0 spiro atoms. The second-order valence-corrected chi connectivity index (χ2v) is 7.42. The summed E-state index contributed by atoms with van der Waals surface area (Å²) in [4.78, 5) is 30.4. The van der Waals surface area contributed by atoms with E-state index < -0.39 is 0 Å². The highest BCUT2D eigenvalue weighted by atomic mass is 16.1. The number of aromatic nitrogens is 3. The lowest BCUT2D eigenvalue weighted by atomic mass is 10.2. The minimum absolute atomic E-state index is 0.279. The lowest BCUT2D eigenvalue weighted by molar-refractivity contribution is 0.102. The lowest BCUT2D eigenvalue weighted by Crippen LogP contribution is -2.47. The Morgan fingerprint density at radius 1 is 0.774 bits per heavy atom. The minimum atomic E-state index is -0.279. The van der Waals surface area contributed by atoms with Crippen LogP contribution in [-0.2, 0) is 0 Å². The average Bonchev–Trinajstić information content (AvgIpc) is 2.85. The Hall–Kier alpha value is -4.00. The SMILES string of the molecule is O=C(Nc1cnc(N2CCN(c3ccccc3)CC2)nc1)c1ccc2ccccc2n1. The Labute approximate surface area is 180 Å². The van der Waals surface area contributed by atoms with Gasteiger partial charge in [0.1, 0.15) is 5.69 Å². The monoisotopic (exact) mass is 410 g/mol. The maximum Gasteiger partial charge on any atom is 0.274 e. The van der Waals surface area contributed by atoms with Gasteiger partial charge in [-0.15, -0.1) is 0 Å². The summed E-state index contributed by atoms with van der Waals surface area (Å²) in [5, 5.41) is 3.83. The largest absolute Gasteiger partial charge is 0.368 e. The number of rotatable bonds is 4. The van der Waals surface area contributed by atoms with Crippen molar-refractivity contribution in [3.8, 4) is 0 Å². The van der Waals surface area contributed by atoms with Gasteiger partial charge in [-0.1, -0.05) is 42.5 Å². The van der Waals surface area contributed by atoms with Crippen LogP contribution in [0, 0.1) is 0 Å². The maximum atomic E-state index is 12.6. The van der Waals surface area contributed by atoms with Gasteiger partial charge >= 0.3 is 0 Å². The number of nitrogens with zero attached hydrogens (tertiary/aromatic N) is 5. The molecule has 0 saturated carbocycles. The molecule has 4 aromatic rings. The molecule has 0 aliphatic carbocycles. The molecular weight excluding hydrogens is 388 g/mol. The molecule has 5 rings (SSSR count). The molecular formula is C24H22N6O. The minimum Gasteiger partial charge on any atom is -0.368 e. The summed E-state index contributed by atoms with van der Waals surface area (Å²) in [6, 6.07) is 21.7. The first-order chi connectivity index (χ1) is 15.3. The van der Waals surface area contributed by atoms with E-state index in [9.17, 15) is 4.79 Å². The van der Waals surface area contributed by atoms with Crippen LogP contribution in [-0.4, -0.2) is 47.0 Å². The average molecular weight is 410 g/mol. The molecule has 0 bridgehead atoms. The standard InChI is InChI=1S/C24H22N6O/c31-23(22-11-10-18-6-4-5-9-21(18)28-22)27-19-16-25-24(26-17-19)30-14-12-29(13-15-30)20-7-2-1-3-8-20/h1-11,16-17H,12-15H2,(H,27,31). The molecule has 1 amide bonds. The van der Waals surface area contributed by atoms with Gasteiger partial charge in [-0.05, 0) is 24.3 Å². The number of fused-ring (bicyclic) bond motifs is 1. The number of carbonyl (C=O) groups excluding carboxylic acids is 1. The van der Waals surface area contributed by atoms with Crippen LogP contribution in [0.3, 0.4) is 0 Å². The summed E-state index contributed by atoms with van der Waals surface area (Å²) in [5.74, 6) is 0.396. The number of anilines is 3. The molecule has 1 aliphatic heterocycles. The Kier molecular flexibility index (Phi) is 5.14. The summed E-state index contributed by atoms with van der Waals surface area (Å²) >= 11 is 0. The maximum absolute atomic E-state index is 12.6. The second-order valence-electron chi connectivity index (χ2n) is 7.42. The van der Waals surface area contributed by atoms with Crippen molar-refractivity contribution in [2.45, 2.75) is 0 Å². The number of para-hydroxylation sites is 2. The zero-order valence-electron chi connectivity index (χ0n) is 17.0. The van der Waals surface area contributed by atoms with Gasteiger partial charge in [0.15, 0.2) is 0 Å². The molecule has 2 aromatic heterocycles. The van der Waals surface area contributed by atoms with Crippen molar-refractivity contribution in [2.24, 2.45) is 0 Å². The van der Waals surface area contributed by atoms with Gasteiger partial charge in [0.2, 0.25) is 5.95 Å². The molecule has 7 nitrogen and oxygen atoms in total. The van der Waals surface area contributed by atoms with Crippen LogP contribution in [0.2, 0.25) is 0 Å². The highest BCUT2D eigenvalue weighted by Gasteiger charge is 2.19. The molecule has 31 heavy (non-hydrogen) atoms. The number of pyridine rings is 1. The third kappa shape index (κ3) is 4.16. The van der Waals surface area contributed by atoms with Crippen molar-refractivity contribution in [1.82, 2.24) is 15.0 Å². The zero-order valence-corrected chi connectivity index (χ0v) is 17.0. The molecule has 1 N–H and O–H groups in total. The molecule has 1 fully saturated rings. The molecule has 154 valence electrons. The topological polar surface area (TPSA) is 74.2 Å². The van der Waals surface area contributed by atoms with Crippen molar-refractivity contribution in [2.75, 3.05) is 41.3 Å². The number of amides is 1. The first-order valence-corrected chi connectivity index (χ1v) is 10.3. The molecule has 7 heteroatoms. The number of hydrogen-bond acceptors (Lipinski definition) is 6. The quantitative estimate of drug-likeness (QED) is 0.554. The van der Waals surface area contributed by atoms with Gasteiger partial charge < -0.3 is 15.1 Å². The Morgan fingerprint density at radius 3 is 2.23 bits per heavy atom. The first-order valence-electron chi connectivity index (χ1n) is 10.3. The van der Waals surface area contributed by atoms with E-state index in [1.807, 2.05) is 36.4 Å². The van der Waals surface area contributed by atoms with Gasteiger partial charge in [0.05, 0.1) is 23.6 Å². The molecule has 0 radical (unpaired) electrons.